The first-order valence-corrected chi connectivity index (χ1v) is 9.02. The van der Waals surface area contributed by atoms with Crippen molar-refractivity contribution < 1.29 is 8.42 Å². The van der Waals surface area contributed by atoms with Gasteiger partial charge in [0.2, 0.25) is 10.0 Å². The number of thiazole rings is 1. The third-order valence-corrected chi connectivity index (χ3v) is 5.36. The molecule has 0 spiro atoms. The molecule has 2 rings (SSSR count). The van der Waals surface area contributed by atoms with E-state index in [1.54, 1.807) is 12.1 Å². The van der Waals surface area contributed by atoms with Gasteiger partial charge in [0.25, 0.3) is 0 Å². The first-order chi connectivity index (χ1) is 10.0. The molecule has 0 saturated heterocycles. The number of hydrogen-bond donors (Lipinski definition) is 2. The standard InChI is InChI=1S/C14H19N3O2S2/c1-11-10-20-14(17-11)9-16-21(18,19)13-5-3-12(4-6-13)7-8-15-2/h3-6,10,15-16H,7-9H2,1-2H3. The highest BCUT2D eigenvalue weighted by Crippen LogP contribution is 2.13. The molecule has 0 aliphatic heterocycles. The minimum atomic E-state index is -3.49. The average Bonchev–Trinajstić information content (AvgIpc) is 2.89. The van der Waals surface area contributed by atoms with E-state index in [1.165, 1.54) is 11.3 Å². The van der Waals surface area contributed by atoms with Gasteiger partial charge in [-0.1, -0.05) is 12.1 Å². The maximum atomic E-state index is 12.2. The van der Waals surface area contributed by atoms with Crippen LogP contribution in [0.1, 0.15) is 16.3 Å². The summed E-state index contributed by atoms with van der Waals surface area (Å²) in [6, 6.07) is 6.97. The normalized spacial score (nSPS) is 11.7. The van der Waals surface area contributed by atoms with Gasteiger partial charge in [0.05, 0.1) is 11.4 Å². The molecule has 2 aromatic rings. The number of benzene rings is 1. The van der Waals surface area contributed by atoms with Crippen LogP contribution in [0.25, 0.3) is 0 Å². The summed E-state index contributed by atoms with van der Waals surface area (Å²) in [5, 5.41) is 5.73. The minimum Gasteiger partial charge on any atom is -0.319 e. The Labute approximate surface area is 129 Å². The van der Waals surface area contributed by atoms with Gasteiger partial charge in [-0.3, -0.25) is 0 Å². The zero-order chi connectivity index (χ0) is 15.3. The van der Waals surface area contributed by atoms with Gasteiger partial charge in [-0.15, -0.1) is 11.3 Å². The zero-order valence-electron chi connectivity index (χ0n) is 12.1. The maximum absolute atomic E-state index is 12.2. The first kappa shape index (κ1) is 16.1. The Kier molecular flexibility index (Phi) is 5.46. The van der Waals surface area contributed by atoms with E-state index >= 15 is 0 Å². The van der Waals surface area contributed by atoms with Gasteiger partial charge < -0.3 is 5.32 Å². The minimum absolute atomic E-state index is 0.225. The highest BCUT2D eigenvalue weighted by molar-refractivity contribution is 7.89. The number of nitrogens with zero attached hydrogens (tertiary/aromatic N) is 1. The van der Waals surface area contributed by atoms with Gasteiger partial charge in [0.1, 0.15) is 5.01 Å². The smallest absolute Gasteiger partial charge is 0.240 e. The van der Waals surface area contributed by atoms with Crippen LogP contribution in [0.3, 0.4) is 0 Å². The highest BCUT2D eigenvalue weighted by Gasteiger charge is 2.14. The molecule has 0 saturated carbocycles. The summed E-state index contributed by atoms with van der Waals surface area (Å²) in [5.41, 5.74) is 2.02. The van der Waals surface area contributed by atoms with Gasteiger partial charge in [0.15, 0.2) is 0 Å². The van der Waals surface area contributed by atoms with Crippen LogP contribution in [-0.4, -0.2) is 27.0 Å². The summed E-state index contributed by atoms with van der Waals surface area (Å²) in [6.07, 6.45) is 0.878. The Morgan fingerprint density at radius 3 is 2.52 bits per heavy atom. The van der Waals surface area contributed by atoms with Crippen molar-refractivity contribution in [3.63, 3.8) is 0 Å². The quantitative estimate of drug-likeness (QED) is 0.813. The van der Waals surface area contributed by atoms with Crippen LogP contribution in [0.5, 0.6) is 0 Å². The Morgan fingerprint density at radius 1 is 1.24 bits per heavy atom. The fraction of sp³-hybridized carbons (Fsp3) is 0.357. The molecule has 5 nitrogen and oxygen atoms in total. The van der Waals surface area contributed by atoms with E-state index in [4.69, 9.17) is 0 Å². The molecule has 114 valence electrons. The Hall–Kier alpha value is -1.28. The lowest BCUT2D eigenvalue weighted by Gasteiger charge is -2.06. The highest BCUT2D eigenvalue weighted by atomic mass is 32.2. The van der Waals surface area contributed by atoms with Crippen LogP contribution in [0.4, 0.5) is 0 Å². The monoisotopic (exact) mass is 325 g/mol. The molecule has 0 atom stereocenters. The molecule has 0 bridgehead atoms. The second-order valence-corrected chi connectivity index (χ2v) is 7.41. The van der Waals surface area contributed by atoms with Crippen molar-refractivity contribution in [2.24, 2.45) is 0 Å². The van der Waals surface area contributed by atoms with Crippen LogP contribution >= 0.6 is 11.3 Å². The van der Waals surface area contributed by atoms with Crippen LogP contribution < -0.4 is 10.0 Å². The molecule has 21 heavy (non-hydrogen) atoms. The van der Waals surface area contributed by atoms with Crippen LogP contribution in [0.2, 0.25) is 0 Å². The summed E-state index contributed by atoms with van der Waals surface area (Å²) in [7, 11) is -1.59. The molecule has 0 aliphatic rings. The summed E-state index contributed by atoms with van der Waals surface area (Å²) < 4.78 is 27.0. The second-order valence-electron chi connectivity index (χ2n) is 4.70. The molecular formula is C14H19N3O2S2. The van der Waals surface area contributed by atoms with Gasteiger partial charge in [0, 0.05) is 11.1 Å². The number of aromatic nitrogens is 1. The molecule has 2 N–H and O–H groups in total. The summed E-state index contributed by atoms with van der Waals surface area (Å²) in [5.74, 6) is 0. The number of rotatable bonds is 7. The number of likely N-dealkylation sites (N-methyl/N-ethyl adjacent to an activating group) is 1. The Morgan fingerprint density at radius 2 is 1.95 bits per heavy atom. The van der Waals surface area contributed by atoms with Crippen molar-refractivity contribution in [1.82, 2.24) is 15.0 Å². The number of sulfonamides is 1. The van der Waals surface area contributed by atoms with E-state index < -0.39 is 10.0 Å². The van der Waals surface area contributed by atoms with Crippen molar-refractivity contribution in [2.45, 2.75) is 24.8 Å². The molecule has 1 aromatic carbocycles. The fourth-order valence-electron chi connectivity index (χ4n) is 1.83. The molecule has 0 amide bonds. The van der Waals surface area contributed by atoms with Crippen LogP contribution in [0, 0.1) is 6.92 Å². The largest absolute Gasteiger partial charge is 0.319 e. The van der Waals surface area contributed by atoms with E-state index in [9.17, 15) is 8.42 Å². The Balaban J connectivity index is 2.01. The maximum Gasteiger partial charge on any atom is 0.240 e. The van der Waals surface area contributed by atoms with Crippen LogP contribution in [0.15, 0.2) is 34.5 Å². The lowest BCUT2D eigenvalue weighted by molar-refractivity contribution is 0.581. The van der Waals surface area contributed by atoms with Crippen LogP contribution in [-0.2, 0) is 23.0 Å². The van der Waals surface area contributed by atoms with Gasteiger partial charge in [-0.05, 0) is 44.6 Å². The van der Waals surface area contributed by atoms with Crippen molar-refractivity contribution in [3.05, 3.63) is 45.9 Å². The predicted octanol–water partition coefficient (Wildman–Crippen LogP) is 1.69. The molecule has 0 unspecified atom stereocenters. The van der Waals surface area contributed by atoms with Crippen molar-refractivity contribution in [1.29, 1.82) is 0 Å². The van der Waals surface area contributed by atoms with E-state index in [2.05, 4.69) is 15.0 Å². The van der Waals surface area contributed by atoms with E-state index in [1.807, 2.05) is 31.5 Å². The third-order valence-electron chi connectivity index (χ3n) is 2.98. The van der Waals surface area contributed by atoms with Crippen molar-refractivity contribution >= 4 is 21.4 Å². The predicted molar refractivity (Wildman–Crippen MR) is 84.9 cm³/mol. The average molecular weight is 325 g/mol. The molecule has 1 aromatic heterocycles. The van der Waals surface area contributed by atoms with Gasteiger partial charge >= 0.3 is 0 Å². The summed E-state index contributed by atoms with van der Waals surface area (Å²) in [4.78, 5) is 4.52. The summed E-state index contributed by atoms with van der Waals surface area (Å²) in [6.45, 7) is 2.98. The lowest BCUT2D eigenvalue weighted by Crippen LogP contribution is -2.23. The first-order valence-electron chi connectivity index (χ1n) is 6.65. The molecule has 1 heterocycles. The SMILES string of the molecule is CNCCc1ccc(S(=O)(=O)NCc2nc(C)cs2)cc1. The number of hydrogen-bond acceptors (Lipinski definition) is 5. The molecule has 0 aliphatic carbocycles. The lowest BCUT2D eigenvalue weighted by atomic mass is 10.1. The van der Waals surface area contributed by atoms with Gasteiger partial charge in [-0.25, -0.2) is 18.1 Å². The van der Waals surface area contributed by atoms with E-state index in [-0.39, 0.29) is 11.4 Å². The summed E-state index contributed by atoms with van der Waals surface area (Å²) >= 11 is 1.45. The molecule has 0 radical (unpaired) electrons. The second kappa shape index (κ2) is 7.13. The Bertz CT molecular complexity index is 678. The van der Waals surface area contributed by atoms with E-state index in [0.29, 0.717) is 0 Å². The molecule has 7 heteroatoms. The van der Waals surface area contributed by atoms with Gasteiger partial charge in [-0.2, -0.15) is 0 Å². The molecular weight excluding hydrogens is 306 g/mol. The number of aryl methyl sites for hydroxylation is 1. The van der Waals surface area contributed by atoms with E-state index in [0.717, 1.165) is 29.2 Å². The third kappa shape index (κ3) is 4.60. The fourth-order valence-corrected chi connectivity index (χ4v) is 3.62. The number of nitrogens with one attached hydrogen (secondary N) is 2. The topological polar surface area (TPSA) is 71.1 Å². The van der Waals surface area contributed by atoms with Crippen molar-refractivity contribution in [2.75, 3.05) is 13.6 Å². The molecule has 0 fully saturated rings. The van der Waals surface area contributed by atoms with Crippen molar-refractivity contribution in [3.8, 4) is 0 Å². The zero-order valence-corrected chi connectivity index (χ0v) is 13.7.